The molecular formula is C30H31BrN4O2. The van der Waals surface area contributed by atoms with Crippen LogP contribution in [0.25, 0.3) is 0 Å². The standard InChI is InChI=1S/C30H31BrN4O2/c1-34-27(25(31)28(36)33-34)26(23-13-7-3-8-14-23)35-19-17-30(18-20-35,24-15-9-4-10-16-24)29(37)32-21-22-11-5-2-6-12-22/h2-16,26H,17-21H2,1H3,(H,32,37)(H,33,36). The summed E-state index contributed by atoms with van der Waals surface area (Å²) in [6, 6.07) is 30.3. The number of likely N-dealkylation sites (tertiary alicyclic amines) is 1. The number of aromatic nitrogens is 2. The highest BCUT2D eigenvalue weighted by molar-refractivity contribution is 9.10. The van der Waals surface area contributed by atoms with Crippen molar-refractivity contribution >= 4 is 21.8 Å². The van der Waals surface area contributed by atoms with Crippen LogP contribution in [0.4, 0.5) is 0 Å². The topological polar surface area (TPSA) is 70.1 Å². The fourth-order valence-corrected chi connectivity index (χ4v) is 6.09. The fraction of sp³-hybridized carbons (Fsp3) is 0.267. The molecular weight excluding hydrogens is 528 g/mol. The third-order valence-electron chi connectivity index (χ3n) is 7.50. The number of amides is 1. The van der Waals surface area contributed by atoms with Gasteiger partial charge in [0, 0.05) is 26.7 Å². The minimum Gasteiger partial charge on any atom is -0.351 e. The fourth-order valence-electron chi connectivity index (χ4n) is 5.52. The van der Waals surface area contributed by atoms with E-state index >= 15 is 0 Å². The van der Waals surface area contributed by atoms with Crippen molar-refractivity contribution in [2.45, 2.75) is 30.8 Å². The maximum Gasteiger partial charge on any atom is 0.278 e. The Labute approximate surface area is 225 Å². The molecule has 3 aromatic carbocycles. The number of aryl methyl sites for hydroxylation is 1. The number of aromatic amines is 1. The smallest absolute Gasteiger partial charge is 0.278 e. The van der Waals surface area contributed by atoms with E-state index in [1.54, 1.807) is 4.68 Å². The van der Waals surface area contributed by atoms with Crippen LogP contribution in [0.15, 0.2) is 100 Å². The number of benzene rings is 3. The minimum absolute atomic E-state index is 0.0636. The highest BCUT2D eigenvalue weighted by Crippen LogP contribution is 2.41. The Balaban J connectivity index is 1.45. The first kappa shape index (κ1) is 25.2. The molecule has 0 radical (unpaired) electrons. The molecule has 1 fully saturated rings. The van der Waals surface area contributed by atoms with Crippen LogP contribution in [0.2, 0.25) is 0 Å². The van der Waals surface area contributed by atoms with E-state index in [4.69, 9.17) is 0 Å². The summed E-state index contributed by atoms with van der Waals surface area (Å²) in [5.74, 6) is 0.0636. The van der Waals surface area contributed by atoms with Gasteiger partial charge in [-0.25, -0.2) is 0 Å². The Kier molecular flexibility index (Phi) is 7.44. The van der Waals surface area contributed by atoms with Gasteiger partial charge < -0.3 is 5.32 Å². The van der Waals surface area contributed by atoms with Crippen molar-refractivity contribution < 1.29 is 4.79 Å². The summed E-state index contributed by atoms with van der Waals surface area (Å²) in [5.41, 5.74) is 3.37. The van der Waals surface area contributed by atoms with Gasteiger partial charge in [0.25, 0.3) is 5.56 Å². The molecule has 1 amide bonds. The molecule has 0 spiro atoms. The van der Waals surface area contributed by atoms with E-state index < -0.39 is 5.41 Å². The molecule has 5 rings (SSSR count). The second-order valence-electron chi connectivity index (χ2n) is 9.66. The van der Waals surface area contributed by atoms with Gasteiger partial charge in [-0.1, -0.05) is 91.0 Å². The SMILES string of the molecule is Cn1[nH]c(=O)c(Br)c1C(c1ccccc1)N1CCC(C(=O)NCc2ccccc2)(c2ccccc2)CC1. The van der Waals surface area contributed by atoms with Crippen molar-refractivity contribution in [3.8, 4) is 0 Å². The lowest BCUT2D eigenvalue weighted by Gasteiger charge is -2.44. The Hall–Kier alpha value is -3.42. The largest absolute Gasteiger partial charge is 0.351 e. The molecule has 2 heterocycles. The third-order valence-corrected chi connectivity index (χ3v) is 8.27. The van der Waals surface area contributed by atoms with Crippen LogP contribution in [0.5, 0.6) is 0 Å². The molecule has 190 valence electrons. The highest BCUT2D eigenvalue weighted by atomic mass is 79.9. The van der Waals surface area contributed by atoms with Crippen molar-refractivity contribution in [2.24, 2.45) is 7.05 Å². The van der Waals surface area contributed by atoms with Gasteiger partial charge in [0.1, 0.15) is 4.47 Å². The predicted octanol–water partition coefficient (Wildman–Crippen LogP) is 4.92. The summed E-state index contributed by atoms with van der Waals surface area (Å²) < 4.78 is 2.35. The number of H-pyrrole nitrogens is 1. The van der Waals surface area contributed by atoms with Crippen molar-refractivity contribution in [3.05, 3.63) is 128 Å². The number of halogens is 1. The maximum atomic E-state index is 13.8. The number of hydrogen-bond acceptors (Lipinski definition) is 3. The van der Waals surface area contributed by atoms with Gasteiger partial charge in [-0.15, -0.1) is 0 Å². The van der Waals surface area contributed by atoms with Crippen LogP contribution in [-0.2, 0) is 23.8 Å². The maximum absolute atomic E-state index is 13.8. The summed E-state index contributed by atoms with van der Waals surface area (Å²) in [4.78, 5) is 28.7. The summed E-state index contributed by atoms with van der Waals surface area (Å²) >= 11 is 3.54. The molecule has 6 nitrogen and oxygen atoms in total. The Morgan fingerprint density at radius 1 is 0.946 bits per heavy atom. The number of nitrogens with zero attached hydrogens (tertiary/aromatic N) is 2. The van der Waals surface area contributed by atoms with Crippen LogP contribution in [0.3, 0.4) is 0 Å². The lowest BCUT2D eigenvalue weighted by atomic mass is 9.71. The summed E-state index contributed by atoms with van der Waals surface area (Å²) in [6.07, 6.45) is 1.36. The average molecular weight is 560 g/mol. The van der Waals surface area contributed by atoms with Crippen molar-refractivity contribution in [1.29, 1.82) is 0 Å². The van der Waals surface area contributed by atoms with E-state index in [2.05, 4.69) is 55.5 Å². The zero-order chi connectivity index (χ0) is 25.8. The number of hydrogen-bond donors (Lipinski definition) is 2. The van der Waals surface area contributed by atoms with Crippen molar-refractivity contribution in [3.63, 3.8) is 0 Å². The van der Waals surface area contributed by atoms with E-state index in [-0.39, 0.29) is 17.5 Å². The van der Waals surface area contributed by atoms with Gasteiger partial charge in [0.2, 0.25) is 5.91 Å². The average Bonchev–Trinajstić information content (AvgIpc) is 3.20. The third kappa shape index (κ3) is 5.06. The van der Waals surface area contributed by atoms with Gasteiger partial charge in [0.05, 0.1) is 17.2 Å². The lowest BCUT2D eigenvalue weighted by Crippen LogP contribution is -2.52. The first-order chi connectivity index (χ1) is 18.0. The van der Waals surface area contributed by atoms with Crippen LogP contribution in [-0.4, -0.2) is 33.7 Å². The van der Waals surface area contributed by atoms with Crippen molar-refractivity contribution in [2.75, 3.05) is 13.1 Å². The van der Waals surface area contributed by atoms with E-state index in [1.165, 1.54) is 0 Å². The number of carbonyl (C=O) groups excluding carboxylic acids is 1. The zero-order valence-corrected chi connectivity index (χ0v) is 22.4. The van der Waals surface area contributed by atoms with Gasteiger partial charge in [-0.05, 0) is 45.5 Å². The zero-order valence-electron chi connectivity index (χ0n) is 20.9. The molecule has 1 saturated heterocycles. The Bertz CT molecular complexity index is 1390. The summed E-state index contributed by atoms with van der Waals surface area (Å²) in [5, 5.41) is 6.10. The molecule has 0 saturated carbocycles. The molecule has 7 heteroatoms. The number of carbonyl (C=O) groups is 1. The minimum atomic E-state index is -0.616. The molecule has 4 aromatic rings. The van der Waals surface area contributed by atoms with Crippen LogP contribution < -0.4 is 10.9 Å². The van der Waals surface area contributed by atoms with E-state index in [0.29, 0.717) is 36.9 Å². The van der Waals surface area contributed by atoms with Gasteiger partial charge >= 0.3 is 0 Å². The lowest BCUT2D eigenvalue weighted by molar-refractivity contribution is -0.129. The molecule has 0 aliphatic carbocycles. The van der Waals surface area contributed by atoms with E-state index in [9.17, 15) is 9.59 Å². The molecule has 1 unspecified atom stereocenters. The van der Waals surface area contributed by atoms with Gasteiger partial charge in [0.15, 0.2) is 0 Å². The quantitative estimate of drug-likeness (QED) is 0.338. The highest BCUT2D eigenvalue weighted by Gasteiger charge is 2.44. The molecule has 1 atom stereocenters. The second-order valence-corrected chi connectivity index (χ2v) is 10.5. The molecule has 1 aromatic heterocycles. The normalized spacial score (nSPS) is 16.3. The summed E-state index contributed by atoms with van der Waals surface area (Å²) in [6.45, 7) is 1.92. The monoisotopic (exact) mass is 558 g/mol. The van der Waals surface area contributed by atoms with Gasteiger partial charge in [-0.2, -0.15) is 0 Å². The second kappa shape index (κ2) is 10.9. The first-order valence-corrected chi connectivity index (χ1v) is 13.4. The molecule has 1 aliphatic rings. The van der Waals surface area contributed by atoms with Crippen molar-refractivity contribution in [1.82, 2.24) is 20.0 Å². The number of nitrogens with one attached hydrogen (secondary N) is 2. The van der Waals surface area contributed by atoms with Crippen LogP contribution >= 0.6 is 15.9 Å². The van der Waals surface area contributed by atoms with Crippen LogP contribution in [0, 0.1) is 0 Å². The van der Waals surface area contributed by atoms with E-state index in [1.807, 2.05) is 73.8 Å². The molecule has 1 aliphatic heterocycles. The first-order valence-electron chi connectivity index (χ1n) is 12.6. The van der Waals surface area contributed by atoms with Crippen LogP contribution in [0.1, 0.15) is 41.3 Å². The number of piperidine rings is 1. The Morgan fingerprint density at radius 2 is 1.51 bits per heavy atom. The molecule has 0 bridgehead atoms. The summed E-state index contributed by atoms with van der Waals surface area (Å²) in [7, 11) is 1.87. The number of rotatable bonds is 7. The Morgan fingerprint density at radius 3 is 2.08 bits per heavy atom. The van der Waals surface area contributed by atoms with Gasteiger partial charge in [-0.3, -0.25) is 24.3 Å². The predicted molar refractivity (Wildman–Crippen MR) is 149 cm³/mol. The van der Waals surface area contributed by atoms with E-state index in [0.717, 1.165) is 22.4 Å². The molecule has 2 N–H and O–H groups in total. The molecule has 37 heavy (non-hydrogen) atoms.